The fourth-order valence-electron chi connectivity index (χ4n) is 3.96. The van der Waals surface area contributed by atoms with Crippen LogP contribution in [0.5, 0.6) is 0 Å². The Balaban J connectivity index is 1.79. The fraction of sp³-hybridized carbons (Fsp3) is 0.321. The van der Waals surface area contributed by atoms with Crippen molar-refractivity contribution in [3.8, 4) is 0 Å². The van der Waals surface area contributed by atoms with Gasteiger partial charge in [0.2, 0.25) is 0 Å². The molecular weight excluding hydrogens is 364 g/mol. The highest BCUT2D eigenvalue weighted by Crippen LogP contribution is 2.26. The van der Waals surface area contributed by atoms with Crippen LogP contribution in [0.2, 0.25) is 0 Å². The molecule has 3 aromatic rings. The molecule has 0 unspecified atom stereocenters. The van der Waals surface area contributed by atoms with Gasteiger partial charge in [-0.2, -0.15) is 0 Å². The smallest absolute Gasteiger partial charge is 0.0693 e. The number of nitrogens with one attached hydrogen (secondary N) is 1. The molecule has 1 N–H and O–H groups in total. The van der Waals surface area contributed by atoms with Crippen molar-refractivity contribution in [2.24, 2.45) is 4.99 Å². The Kier molecular flexibility index (Phi) is 7.84. The van der Waals surface area contributed by atoms with E-state index in [1.54, 1.807) is 0 Å². The maximum absolute atomic E-state index is 4.89. The lowest BCUT2D eigenvalue weighted by Gasteiger charge is -2.15. The van der Waals surface area contributed by atoms with E-state index in [0.717, 1.165) is 43.5 Å². The molecule has 3 rings (SSSR count). The van der Waals surface area contributed by atoms with Crippen LogP contribution in [-0.4, -0.2) is 6.21 Å². The van der Waals surface area contributed by atoms with Gasteiger partial charge in [-0.3, -0.25) is 4.99 Å². The van der Waals surface area contributed by atoms with Crippen LogP contribution in [0.1, 0.15) is 61.1 Å². The number of aryl methyl sites for hydroxylation is 4. The normalized spacial score (nSPS) is 11.2. The molecule has 0 saturated heterocycles. The lowest BCUT2D eigenvalue weighted by atomic mass is 10.0. The summed E-state index contributed by atoms with van der Waals surface area (Å²) in [6, 6.07) is 21.8. The maximum Gasteiger partial charge on any atom is 0.0693 e. The Morgan fingerprint density at radius 1 is 0.700 bits per heavy atom. The summed E-state index contributed by atoms with van der Waals surface area (Å²) < 4.78 is 0. The van der Waals surface area contributed by atoms with Crippen LogP contribution in [0.4, 0.5) is 11.4 Å². The van der Waals surface area contributed by atoms with E-state index in [9.17, 15) is 0 Å². The molecule has 0 bridgehead atoms. The minimum absolute atomic E-state index is 0.817. The number of para-hydroxylation sites is 2. The van der Waals surface area contributed by atoms with Gasteiger partial charge in [0.05, 0.1) is 5.69 Å². The van der Waals surface area contributed by atoms with Gasteiger partial charge in [0.15, 0.2) is 0 Å². The zero-order chi connectivity index (χ0) is 21.3. The van der Waals surface area contributed by atoms with Crippen LogP contribution >= 0.6 is 0 Å². The molecule has 2 nitrogen and oxygen atoms in total. The number of hydrogen-bond donors (Lipinski definition) is 1. The van der Waals surface area contributed by atoms with E-state index in [1.807, 2.05) is 6.21 Å². The average molecular weight is 399 g/mol. The molecule has 0 atom stereocenters. The molecule has 0 spiro atoms. The van der Waals surface area contributed by atoms with Gasteiger partial charge in [-0.1, -0.05) is 82.3 Å². The third-order valence-electron chi connectivity index (χ3n) is 5.73. The summed E-state index contributed by atoms with van der Waals surface area (Å²) in [4.78, 5) is 4.89. The predicted molar refractivity (Wildman–Crippen MR) is 131 cm³/mol. The van der Waals surface area contributed by atoms with Gasteiger partial charge in [0.25, 0.3) is 0 Å². The molecule has 3 aromatic carbocycles. The number of aliphatic imine (C=N–C) groups is 1. The lowest BCUT2D eigenvalue weighted by molar-refractivity contribution is 1.05. The number of nitrogens with zero attached hydrogens (tertiary/aromatic N) is 1. The van der Waals surface area contributed by atoms with Gasteiger partial charge >= 0.3 is 0 Å². The second-order valence-corrected chi connectivity index (χ2v) is 7.65. The number of benzene rings is 3. The van der Waals surface area contributed by atoms with E-state index in [0.29, 0.717) is 0 Å². The fourth-order valence-corrected chi connectivity index (χ4v) is 3.96. The molecule has 0 aliphatic heterocycles. The molecule has 0 fully saturated rings. The first-order chi connectivity index (χ1) is 14.7. The van der Waals surface area contributed by atoms with Crippen molar-refractivity contribution >= 4 is 17.6 Å². The van der Waals surface area contributed by atoms with Crippen LogP contribution in [0.15, 0.2) is 65.7 Å². The molecule has 0 radical (unpaired) electrons. The summed E-state index contributed by atoms with van der Waals surface area (Å²) in [5.74, 6) is 0. The molecule has 0 aliphatic carbocycles. The van der Waals surface area contributed by atoms with Crippen LogP contribution in [-0.2, 0) is 32.2 Å². The highest BCUT2D eigenvalue weighted by Gasteiger charge is 2.07. The van der Waals surface area contributed by atoms with Gasteiger partial charge in [0.1, 0.15) is 0 Å². The van der Waals surface area contributed by atoms with Crippen LogP contribution in [0, 0.1) is 0 Å². The van der Waals surface area contributed by atoms with Crippen molar-refractivity contribution in [1.82, 2.24) is 0 Å². The Morgan fingerprint density at radius 3 is 1.80 bits per heavy atom. The average Bonchev–Trinajstić information content (AvgIpc) is 2.80. The van der Waals surface area contributed by atoms with Crippen LogP contribution in [0.25, 0.3) is 0 Å². The van der Waals surface area contributed by atoms with Crippen molar-refractivity contribution in [2.45, 2.75) is 59.9 Å². The molecule has 2 heteroatoms. The summed E-state index contributed by atoms with van der Waals surface area (Å²) in [5, 5.41) is 3.69. The van der Waals surface area contributed by atoms with Gasteiger partial charge in [-0.05, 0) is 65.1 Å². The highest BCUT2D eigenvalue weighted by atomic mass is 14.9. The van der Waals surface area contributed by atoms with Crippen molar-refractivity contribution < 1.29 is 0 Å². The molecule has 30 heavy (non-hydrogen) atoms. The Labute approximate surface area is 182 Å². The molecule has 156 valence electrons. The minimum atomic E-state index is 0.817. The van der Waals surface area contributed by atoms with Gasteiger partial charge in [0, 0.05) is 18.4 Å². The summed E-state index contributed by atoms with van der Waals surface area (Å²) in [5.41, 5.74) is 10.2. The zero-order valence-electron chi connectivity index (χ0n) is 18.8. The summed E-state index contributed by atoms with van der Waals surface area (Å²) in [7, 11) is 0. The Morgan fingerprint density at radius 2 is 1.23 bits per heavy atom. The minimum Gasteiger partial charge on any atom is -0.381 e. The van der Waals surface area contributed by atoms with E-state index < -0.39 is 0 Å². The first-order valence-corrected chi connectivity index (χ1v) is 11.3. The van der Waals surface area contributed by atoms with Crippen molar-refractivity contribution in [2.75, 3.05) is 5.32 Å². The number of anilines is 1. The molecule has 0 aromatic heterocycles. The number of hydrogen-bond acceptors (Lipinski definition) is 2. The van der Waals surface area contributed by atoms with Crippen molar-refractivity contribution in [1.29, 1.82) is 0 Å². The second-order valence-electron chi connectivity index (χ2n) is 7.65. The first-order valence-electron chi connectivity index (χ1n) is 11.3. The number of rotatable bonds is 9. The molecule has 0 saturated carbocycles. The summed E-state index contributed by atoms with van der Waals surface area (Å²) in [6.07, 6.45) is 6.09. The van der Waals surface area contributed by atoms with E-state index in [-0.39, 0.29) is 0 Å². The van der Waals surface area contributed by atoms with Crippen molar-refractivity contribution in [3.63, 3.8) is 0 Å². The lowest BCUT2D eigenvalue weighted by Crippen LogP contribution is -2.05. The molecule has 0 aliphatic rings. The van der Waals surface area contributed by atoms with E-state index in [4.69, 9.17) is 4.99 Å². The standard InChI is InChI=1S/C28H34N2/c1-5-23-14-10-15-24(6-2)27(23)29-19-21-12-9-13-22(18-21)20-30-28-25(7-3)16-11-17-26(28)8-4/h9-19,30H,5-8,20H2,1-4H3. The maximum atomic E-state index is 4.89. The zero-order valence-corrected chi connectivity index (χ0v) is 18.8. The van der Waals surface area contributed by atoms with E-state index >= 15 is 0 Å². The Bertz CT molecular complexity index is 957. The van der Waals surface area contributed by atoms with Crippen LogP contribution in [0.3, 0.4) is 0 Å². The second kappa shape index (κ2) is 10.8. The van der Waals surface area contributed by atoms with E-state index in [1.165, 1.54) is 33.5 Å². The third kappa shape index (κ3) is 5.18. The Hall–Kier alpha value is -2.87. The largest absolute Gasteiger partial charge is 0.381 e. The molecule has 0 amide bonds. The van der Waals surface area contributed by atoms with Crippen LogP contribution < -0.4 is 5.32 Å². The first kappa shape index (κ1) is 21.8. The quantitative estimate of drug-likeness (QED) is 0.376. The summed E-state index contributed by atoms with van der Waals surface area (Å²) in [6.45, 7) is 9.64. The monoisotopic (exact) mass is 398 g/mol. The van der Waals surface area contributed by atoms with Gasteiger partial charge in [-0.15, -0.1) is 0 Å². The van der Waals surface area contributed by atoms with Gasteiger partial charge < -0.3 is 5.32 Å². The highest BCUT2D eigenvalue weighted by molar-refractivity contribution is 5.83. The molecular formula is C28H34N2. The topological polar surface area (TPSA) is 24.4 Å². The summed E-state index contributed by atoms with van der Waals surface area (Å²) >= 11 is 0. The van der Waals surface area contributed by atoms with Crippen molar-refractivity contribution in [3.05, 3.63) is 94.0 Å². The van der Waals surface area contributed by atoms with Gasteiger partial charge in [-0.25, -0.2) is 0 Å². The van der Waals surface area contributed by atoms with E-state index in [2.05, 4.69) is 93.7 Å². The predicted octanol–water partition coefficient (Wildman–Crippen LogP) is 7.30. The third-order valence-corrected chi connectivity index (χ3v) is 5.73. The SMILES string of the molecule is CCc1cccc(CC)c1N=Cc1cccc(CNc2c(CC)cccc2CC)c1. The molecule has 0 heterocycles.